The number of thiophene rings is 1. The van der Waals surface area contributed by atoms with Crippen LogP contribution in [0.15, 0.2) is 29.1 Å². The SMILES string of the molecule is O=C(O)c1cc2c(s1)CCOC21CCN(C(=O)c2cccc(=O)[nH]2)CC1. The van der Waals surface area contributed by atoms with E-state index >= 15 is 0 Å². The fraction of sp³-hybridized carbons (Fsp3) is 0.389. The molecule has 2 aromatic heterocycles. The summed E-state index contributed by atoms with van der Waals surface area (Å²) >= 11 is 1.32. The lowest BCUT2D eigenvalue weighted by molar-refractivity contribution is -0.0927. The van der Waals surface area contributed by atoms with Crippen LogP contribution in [0.2, 0.25) is 0 Å². The van der Waals surface area contributed by atoms with Gasteiger partial charge in [-0.05, 0) is 30.5 Å². The van der Waals surface area contributed by atoms with Crippen molar-refractivity contribution in [2.75, 3.05) is 19.7 Å². The summed E-state index contributed by atoms with van der Waals surface area (Å²) in [5.41, 5.74) is 0.427. The van der Waals surface area contributed by atoms with Gasteiger partial charge in [0.2, 0.25) is 5.56 Å². The molecule has 0 unspecified atom stereocenters. The first-order valence-electron chi connectivity index (χ1n) is 8.48. The molecule has 4 heterocycles. The van der Waals surface area contributed by atoms with Crippen molar-refractivity contribution in [1.82, 2.24) is 9.88 Å². The molecule has 2 aliphatic heterocycles. The number of carboxylic acids is 1. The number of fused-ring (bicyclic) bond motifs is 2. The van der Waals surface area contributed by atoms with E-state index in [1.165, 1.54) is 17.4 Å². The minimum Gasteiger partial charge on any atom is -0.477 e. The summed E-state index contributed by atoms with van der Waals surface area (Å²) in [6, 6.07) is 6.26. The van der Waals surface area contributed by atoms with Crippen LogP contribution in [0, 0.1) is 0 Å². The Balaban J connectivity index is 1.55. The number of aromatic carboxylic acids is 1. The second kappa shape index (κ2) is 6.37. The van der Waals surface area contributed by atoms with E-state index in [2.05, 4.69) is 4.98 Å². The zero-order valence-corrected chi connectivity index (χ0v) is 14.8. The molecule has 0 radical (unpaired) electrons. The summed E-state index contributed by atoms with van der Waals surface area (Å²) in [6.07, 6.45) is 1.94. The number of likely N-dealkylation sites (tertiary alicyclic amines) is 1. The first-order chi connectivity index (χ1) is 12.5. The normalized spacial score (nSPS) is 18.5. The summed E-state index contributed by atoms with van der Waals surface area (Å²) in [6.45, 7) is 1.55. The highest BCUT2D eigenvalue weighted by atomic mass is 32.1. The van der Waals surface area contributed by atoms with Crippen LogP contribution < -0.4 is 5.56 Å². The molecular formula is C18H18N2O5S. The highest BCUT2D eigenvalue weighted by Gasteiger charge is 2.43. The Morgan fingerprint density at radius 2 is 2.04 bits per heavy atom. The van der Waals surface area contributed by atoms with Crippen molar-refractivity contribution in [3.8, 4) is 0 Å². The van der Waals surface area contributed by atoms with Gasteiger partial charge in [-0.15, -0.1) is 11.3 Å². The van der Waals surface area contributed by atoms with Crippen LogP contribution in [0.3, 0.4) is 0 Å². The Morgan fingerprint density at radius 1 is 1.27 bits per heavy atom. The van der Waals surface area contributed by atoms with Gasteiger partial charge >= 0.3 is 5.97 Å². The van der Waals surface area contributed by atoms with Crippen molar-refractivity contribution >= 4 is 23.2 Å². The molecule has 0 bridgehead atoms. The van der Waals surface area contributed by atoms with Crippen molar-refractivity contribution < 1.29 is 19.4 Å². The van der Waals surface area contributed by atoms with Gasteiger partial charge in [0.05, 0.1) is 12.2 Å². The number of hydrogen-bond donors (Lipinski definition) is 2. The lowest BCUT2D eigenvalue weighted by atomic mass is 9.82. The van der Waals surface area contributed by atoms with Crippen molar-refractivity contribution in [1.29, 1.82) is 0 Å². The molecule has 1 fully saturated rings. The van der Waals surface area contributed by atoms with Crippen LogP contribution in [-0.4, -0.2) is 46.6 Å². The molecule has 1 amide bonds. The molecule has 4 rings (SSSR count). The van der Waals surface area contributed by atoms with Gasteiger partial charge in [-0.25, -0.2) is 4.79 Å². The second-order valence-corrected chi connectivity index (χ2v) is 7.70. The van der Waals surface area contributed by atoms with E-state index in [-0.39, 0.29) is 17.2 Å². The zero-order valence-electron chi connectivity index (χ0n) is 14.0. The fourth-order valence-electron chi connectivity index (χ4n) is 3.75. The number of aromatic amines is 1. The standard InChI is InChI=1S/C18H18N2O5S/c21-15-3-1-2-12(19-15)16(22)20-7-5-18(6-8-20)11-10-14(17(23)24)26-13(11)4-9-25-18/h1-3,10H,4-9H2,(H,19,21)(H,23,24). The van der Waals surface area contributed by atoms with Gasteiger partial charge in [0.25, 0.3) is 5.91 Å². The Labute approximate surface area is 153 Å². The van der Waals surface area contributed by atoms with E-state index in [1.54, 1.807) is 23.1 Å². The number of hydrogen-bond acceptors (Lipinski definition) is 5. The predicted octanol–water partition coefficient (Wildman–Crippen LogP) is 1.84. The zero-order chi connectivity index (χ0) is 18.3. The number of piperidine rings is 1. The third-order valence-corrected chi connectivity index (χ3v) is 6.26. The fourth-order valence-corrected chi connectivity index (χ4v) is 4.82. The maximum Gasteiger partial charge on any atom is 0.345 e. The number of aromatic nitrogens is 1. The van der Waals surface area contributed by atoms with E-state index in [0.717, 1.165) is 16.9 Å². The molecule has 8 heteroatoms. The molecule has 2 aromatic rings. The van der Waals surface area contributed by atoms with Crippen LogP contribution in [-0.2, 0) is 16.8 Å². The third-order valence-electron chi connectivity index (χ3n) is 5.08. The van der Waals surface area contributed by atoms with Crippen molar-refractivity contribution in [3.63, 3.8) is 0 Å². The van der Waals surface area contributed by atoms with Gasteiger partial charge in [-0.1, -0.05) is 6.07 Å². The topological polar surface area (TPSA) is 99.7 Å². The van der Waals surface area contributed by atoms with Gasteiger partial charge < -0.3 is 19.7 Å². The molecule has 0 atom stereocenters. The number of rotatable bonds is 2. The number of pyridine rings is 1. The molecule has 1 spiro atoms. The molecular weight excluding hydrogens is 356 g/mol. The largest absolute Gasteiger partial charge is 0.477 e. The summed E-state index contributed by atoms with van der Waals surface area (Å²) in [5, 5.41) is 9.27. The summed E-state index contributed by atoms with van der Waals surface area (Å²) in [7, 11) is 0. The van der Waals surface area contributed by atoms with E-state index in [0.29, 0.717) is 37.4 Å². The Kier molecular flexibility index (Phi) is 4.16. The van der Waals surface area contributed by atoms with Gasteiger partial charge in [0.1, 0.15) is 10.6 Å². The van der Waals surface area contributed by atoms with Crippen LogP contribution in [0.1, 0.15) is 43.4 Å². The Bertz CT molecular complexity index is 924. The molecule has 7 nitrogen and oxygen atoms in total. The van der Waals surface area contributed by atoms with E-state index in [1.807, 2.05) is 0 Å². The van der Waals surface area contributed by atoms with Crippen LogP contribution in [0.25, 0.3) is 0 Å². The minimum absolute atomic E-state index is 0.204. The predicted molar refractivity (Wildman–Crippen MR) is 94.8 cm³/mol. The van der Waals surface area contributed by atoms with Gasteiger partial charge in [0, 0.05) is 30.5 Å². The van der Waals surface area contributed by atoms with Gasteiger partial charge in [-0.3, -0.25) is 9.59 Å². The molecule has 0 saturated carbocycles. The molecule has 0 aromatic carbocycles. The average molecular weight is 374 g/mol. The van der Waals surface area contributed by atoms with Crippen LogP contribution in [0.4, 0.5) is 0 Å². The Hall–Kier alpha value is -2.45. The van der Waals surface area contributed by atoms with E-state index < -0.39 is 11.6 Å². The van der Waals surface area contributed by atoms with Crippen molar-refractivity contribution in [2.24, 2.45) is 0 Å². The molecule has 0 aliphatic carbocycles. The molecule has 2 N–H and O–H groups in total. The number of ether oxygens (including phenoxy) is 1. The lowest BCUT2D eigenvalue weighted by Crippen LogP contribution is -2.48. The number of nitrogens with one attached hydrogen (secondary N) is 1. The molecule has 26 heavy (non-hydrogen) atoms. The molecule has 2 aliphatic rings. The highest BCUT2D eigenvalue weighted by molar-refractivity contribution is 7.14. The smallest absolute Gasteiger partial charge is 0.345 e. The van der Waals surface area contributed by atoms with Gasteiger partial charge in [-0.2, -0.15) is 0 Å². The lowest BCUT2D eigenvalue weighted by Gasteiger charge is -2.44. The van der Waals surface area contributed by atoms with Crippen molar-refractivity contribution in [3.05, 3.63) is 55.6 Å². The molecule has 136 valence electrons. The van der Waals surface area contributed by atoms with Crippen LogP contribution in [0.5, 0.6) is 0 Å². The first kappa shape index (κ1) is 17.0. The number of carbonyl (C=O) groups excluding carboxylic acids is 1. The van der Waals surface area contributed by atoms with Gasteiger partial charge in [0.15, 0.2) is 0 Å². The number of amides is 1. The summed E-state index contributed by atoms with van der Waals surface area (Å²) in [5.74, 6) is -1.12. The maximum absolute atomic E-state index is 12.6. The summed E-state index contributed by atoms with van der Waals surface area (Å²) in [4.78, 5) is 41.0. The van der Waals surface area contributed by atoms with Crippen LogP contribution >= 0.6 is 11.3 Å². The average Bonchev–Trinajstić information content (AvgIpc) is 3.08. The van der Waals surface area contributed by atoms with Crippen molar-refractivity contribution in [2.45, 2.75) is 24.9 Å². The number of carbonyl (C=O) groups is 2. The Morgan fingerprint density at radius 3 is 2.73 bits per heavy atom. The molecule has 1 saturated heterocycles. The maximum atomic E-state index is 12.6. The van der Waals surface area contributed by atoms with E-state index in [4.69, 9.17) is 4.74 Å². The van der Waals surface area contributed by atoms with E-state index in [9.17, 15) is 19.5 Å². The number of nitrogens with zero attached hydrogens (tertiary/aromatic N) is 1. The number of H-pyrrole nitrogens is 1. The first-order valence-corrected chi connectivity index (χ1v) is 9.29. The minimum atomic E-state index is -0.916. The number of carboxylic acid groups (broad SMARTS) is 1. The second-order valence-electron chi connectivity index (χ2n) is 6.57. The quantitative estimate of drug-likeness (QED) is 0.836. The third kappa shape index (κ3) is 2.85. The highest BCUT2D eigenvalue weighted by Crippen LogP contribution is 2.44. The monoisotopic (exact) mass is 374 g/mol. The summed E-state index contributed by atoms with van der Waals surface area (Å²) < 4.78 is 6.10.